The molecule has 3 amide bonds. The third kappa shape index (κ3) is 4.67. The minimum atomic E-state index is -3.75. The van der Waals surface area contributed by atoms with Gasteiger partial charge >= 0.3 is 0 Å². The van der Waals surface area contributed by atoms with E-state index in [1.165, 1.54) is 21.3 Å². The molecule has 2 heterocycles. The van der Waals surface area contributed by atoms with E-state index in [-0.39, 0.29) is 47.3 Å². The molecule has 1 N–H and O–H groups in total. The summed E-state index contributed by atoms with van der Waals surface area (Å²) in [5.74, 6) is -1.25. The Balaban J connectivity index is 1.44. The van der Waals surface area contributed by atoms with Crippen molar-refractivity contribution in [3.63, 3.8) is 0 Å². The van der Waals surface area contributed by atoms with E-state index in [9.17, 15) is 22.8 Å². The molecule has 0 saturated carbocycles. The van der Waals surface area contributed by atoms with E-state index in [1.54, 1.807) is 13.0 Å². The van der Waals surface area contributed by atoms with Gasteiger partial charge in [0.1, 0.15) is 10.6 Å². The normalized spacial score (nSPS) is 23.1. The van der Waals surface area contributed by atoms with Crippen LogP contribution in [0.25, 0.3) is 0 Å². The highest BCUT2D eigenvalue weighted by Crippen LogP contribution is 2.35. The fraction of sp³-hybridized carbons (Fsp3) is 0.522. The number of fused-ring (bicyclic) bond motifs is 1. The van der Waals surface area contributed by atoms with E-state index in [0.717, 1.165) is 12.8 Å². The molecular weight excluding hydrogens is 446 g/mol. The van der Waals surface area contributed by atoms with Crippen LogP contribution in [0, 0.1) is 11.8 Å². The Bertz CT molecular complexity index is 1050. The van der Waals surface area contributed by atoms with Gasteiger partial charge in [-0.15, -0.1) is 0 Å². The number of hydrogen-bond donors (Lipinski definition) is 1. The smallest absolute Gasteiger partial charge is 0.246 e. The van der Waals surface area contributed by atoms with Gasteiger partial charge in [0, 0.05) is 31.7 Å². The number of nitrogens with one attached hydrogen (secondary N) is 1. The van der Waals surface area contributed by atoms with Crippen molar-refractivity contribution >= 4 is 33.4 Å². The van der Waals surface area contributed by atoms with E-state index < -0.39 is 15.9 Å². The molecule has 33 heavy (non-hydrogen) atoms. The van der Waals surface area contributed by atoms with Crippen molar-refractivity contribution in [3.8, 4) is 5.75 Å². The Morgan fingerprint density at radius 3 is 2.33 bits per heavy atom. The zero-order valence-corrected chi connectivity index (χ0v) is 19.5. The first kappa shape index (κ1) is 23.4. The number of ether oxygens (including phenoxy) is 1. The quantitative estimate of drug-likeness (QED) is 0.455. The maximum atomic E-state index is 13.1. The van der Waals surface area contributed by atoms with Gasteiger partial charge in [-0.05, 0) is 50.8 Å². The molecule has 10 heteroatoms. The molecule has 9 nitrogen and oxygen atoms in total. The van der Waals surface area contributed by atoms with Gasteiger partial charge in [-0.3, -0.25) is 19.3 Å². The summed E-state index contributed by atoms with van der Waals surface area (Å²) < 4.78 is 33.2. The highest BCUT2D eigenvalue weighted by atomic mass is 32.2. The number of carbonyl (C=O) groups excluding carboxylic acids is 3. The Morgan fingerprint density at radius 2 is 1.73 bits per heavy atom. The summed E-state index contributed by atoms with van der Waals surface area (Å²) >= 11 is 0. The van der Waals surface area contributed by atoms with Gasteiger partial charge in [0.15, 0.2) is 0 Å². The predicted octanol–water partition coefficient (Wildman–Crippen LogP) is 2.15. The number of rotatable bonds is 8. The lowest BCUT2D eigenvalue weighted by Gasteiger charge is -2.19. The van der Waals surface area contributed by atoms with Gasteiger partial charge in [-0.1, -0.05) is 12.2 Å². The van der Waals surface area contributed by atoms with Crippen LogP contribution in [0.1, 0.15) is 39.0 Å². The summed E-state index contributed by atoms with van der Waals surface area (Å²) in [4.78, 5) is 38.9. The highest BCUT2D eigenvalue weighted by molar-refractivity contribution is 7.89. The topological polar surface area (TPSA) is 113 Å². The second kappa shape index (κ2) is 9.64. The zero-order valence-electron chi connectivity index (χ0n) is 18.7. The number of hydrogen-bond acceptors (Lipinski definition) is 6. The van der Waals surface area contributed by atoms with E-state index in [1.807, 2.05) is 12.2 Å². The van der Waals surface area contributed by atoms with Crippen molar-refractivity contribution in [2.45, 2.75) is 43.9 Å². The number of carbonyl (C=O) groups is 3. The summed E-state index contributed by atoms with van der Waals surface area (Å²) in [5, 5.41) is 2.69. The van der Waals surface area contributed by atoms with Gasteiger partial charge in [-0.2, -0.15) is 4.31 Å². The number of nitrogens with zero attached hydrogens (tertiary/aromatic N) is 2. The molecule has 1 aromatic carbocycles. The van der Waals surface area contributed by atoms with Gasteiger partial charge in [0.2, 0.25) is 27.7 Å². The average molecular weight is 476 g/mol. The molecule has 2 atom stereocenters. The van der Waals surface area contributed by atoms with Crippen LogP contribution in [-0.2, 0) is 24.4 Å². The van der Waals surface area contributed by atoms with Crippen molar-refractivity contribution in [1.29, 1.82) is 0 Å². The molecule has 2 saturated heterocycles. The molecule has 3 aliphatic rings. The first-order valence-corrected chi connectivity index (χ1v) is 12.8. The second-order valence-corrected chi connectivity index (χ2v) is 10.4. The first-order valence-electron chi connectivity index (χ1n) is 11.4. The molecule has 0 spiro atoms. The SMILES string of the molecule is CCOc1ccc(NC(=O)CCN2C(=O)[C@@H]3CC=CC[C@H]3C2=O)cc1S(=O)(=O)N1CCCC1. The van der Waals surface area contributed by atoms with Gasteiger partial charge < -0.3 is 10.1 Å². The molecular formula is C23H29N3O6S. The first-order chi connectivity index (χ1) is 15.8. The van der Waals surface area contributed by atoms with Crippen molar-refractivity contribution < 1.29 is 27.5 Å². The van der Waals surface area contributed by atoms with Crippen LogP contribution in [0.2, 0.25) is 0 Å². The summed E-state index contributed by atoms with van der Waals surface area (Å²) in [5.41, 5.74) is 0.318. The molecule has 178 valence electrons. The van der Waals surface area contributed by atoms with Crippen molar-refractivity contribution in [3.05, 3.63) is 30.4 Å². The molecule has 1 aliphatic carbocycles. The van der Waals surface area contributed by atoms with E-state index in [0.29, 0.717) is 38.2 Å². The van der Waals surface area contributed by atoms with Gasteiger partial charge in [0.25, 0.3) is 0 Å². The lowest BCUT2D eigenvalue weighted by molar-refractivity contribution is -0.140. The lowest BCUT2D eigenvalue weighted by atomic mass is 9.85. The molecule has 0 bridgehead atoms. The molecule has 1 aromatic rings. The van der Waals surface area contributed by atoms with Crippen LogP contribution in [0.3, 0.4) is 0 Å². The minimum Gasteiger partial charge on any atom is -0.492 e. The molecule has 2 aliphatic heterocycles. The van der Waals surface area contributed by atoms with Crippen LogP contribution >= 0.6 is 0 Å². The number of imide groups is 1. The molecule has 0 radical (unpaired) electrons. The minimum absolute atomic E-state index is 0.00641. The van der Waals surface area contributed by atoms with Crippen molar-refractivity contribution in [2.24, 2.45) is 11.8 Å². The summed E-state index contributed by atoms with van der Waals surface area (Å²) in [6.45, 7) is 3.00. The number of amides is 3. The lowest BCUT2D eigenvalue weighted by Crippen LogP contribution is -2.34. The van der Waals surface area contributed by atoms with E-state index in [4.69, 9.17) is 4.74 Å². The Hall–Kier alpha value is -2.72. The number of likely N-dealkylation sites (tertiary alicyclic amines) is 1. The fourth-order valence-electron chi connectivity index (χ4n) is 4.66. The summed E-state index contributed by atoms with van der Waals surface area (Å²) in [6.07, 6.45) is 6.50. The Morgan fingerprint density at radius 1 is 1.09 bits per heavy atom. The standard InChI is InChI=1S/C23H29N3O6S/c1-2-32-19-10-9-16(15-20(19)33(30,31)25-12-5-6-13-25)24-21(27)11-14-26-22(28)17-7-3-4-8-18(17)23(26)29/h3-4,9-10,15,17-18H,2,5-8,11-14H2,1H3,(H,24,27)/t17-,18-/m1/s1. The molecule has 0 unspecified atom stereocenters. The van der Waals surface area contributed by atoms with Gasteiger partial charge in [0.05, 0.1) is 18.4 Å². The fourth-order valence-corrected chi connectivity index (χ4v) is 6.33. The number of benzene rings is 1. The van der Waals surface area contributed by atoms with E-state index in [2.05, 4.69) is 5.32 Å². The van der Waals surface area contributed by atoms with Crippen LogP contribution in [0.4, 0.5) is 5.69 Å². The zero-order chi connectivity index (χ0) is 23.6. The molecule has 4 rings (SSSR count). The van der Waals surface area contributed by atoms with Crippen molar-refractivity contribution in [2.75, 3.05) is 31.6 Å². The molecule has 2 fully saturated rings. The van der Waals surface area contributed by atoms with Crippen LogP contribution < -0.4 is 10.1 Å². The largest absolute Gasteiger partial charge is 0.492 e. The third-order valence-electron chi connectivity index (χ3n) is 6.37. The van der Waals surface area contributed by atoms with E-state index >= 15 is 0 Å². The Kier molecular flexibility index (Phi) is 6.85. The maximum Gasteiger partial charge on any atom is 0.246 e. The average Bonchev–Trinajstić information content (AvgIpc) is 3.43. The third-order valence-corrected chi connectivity index (χ3v) is 8.29. The molecule has 0 aromatic heterocycles. The van der Waals surface area contributed by atoms with Gasteiger partial charge in [-0.25, -0.2) is 8.42 Å². The number of allylic oxidation sites excluding steroid dienone is 2. The van der Waals surface area contributed by atoms with Crippen LogP contribution in [-0.4, -0.2) is 61.6 Å². The van der Waals surface area contributed by atoms with Crippen LogP contribution in [0.15, 0.2) is 35.2 Å². The van der Waals surface area contributed by atoms with Crippen molar-refractivity contribution in [1.82, 2.24) is 9.21 Å². The highest BCUT2D eigenvalue weighted by Gasteiger charge is 2.46. The predicted molar refractivity (Wildman–Crippen MR) is 121 cm³/mol. The maximum absolute atomic E-state index is 13.1. The van der Waals surface area contributed by atoms with Crippen LogP contribution in [0.5, 0.6) is 5.75 Å². The monoisotopic (exact) mass is 475 g/mol. The second-order valence-electron chi connectivity index (χ2n) is 8.49. The summed E-state index contributed by atoms with van der Waals surface area (Å²) in [7, 11) is -3.75. The number of anilines is 1. The summed E-state index contributed by atoms with van der Waals surface area (Å²) in [6, 6.07) is 4.52. The Labute approximate surface area is 193 Å². The number of sulfonamides is 1.